The maximum Gasteiger partial charge on any atom is 0.269 e. The van der Waals surface area contributed by atoms with Gasteiger partial charge in [-0.25, -0.2) is 0 Å². The first kappa shape index (κ1) is 26.9. The van der Waals surface area contributed by atoms with Crippen LogP contribution in [0.4, 0.5) is 0 Å². The molecule has 10 heteroatoms. The van der Waals surface area contributed by atoms with Crippen molar-refractivity contribution in [2.45, 2.75) is 13.0 Å². The number of nitrogens with one attached hydrogen (secondary N) is 2. The van der Waals surface area contributed by atoms with E-state index < -0.39 is 11.8 Å². The number of para-hydroxylation sites is 1. The third kappa shape index (κ3) is 6.99. The van der Waals surface area contributed by atoms with Gasteiger partial charge >= 0.3 is 0 Å². The second-order valence-corrected chi connectivity index (χ2v) is 9.80. The Morgan fingerprint density at radius 1 is 0.974 bits per heavy atom. The first-order chi connectivity index (χ1) is 18.4. The van der Waals surface area contributed by atoms with Crippen LogP contribution < -0.4 is 20.3 Å². The molecule has 1 fully saturated rings. The van der Waals surface area contributed by atoms with E-state index in [0.29, 0.717) is 32.9 Å². The fourth-order valence-electron chi connectivity index (χ4n) is 3.54. The van der Waals surface area contributed by atoms with Gasteiger partial charge in [0.15, 0.2) is 0 Å². The lowest BCUT2D eigenvalue weighted by atomic mass is 10.2. The summed E-state index contributed by atoms with van der Waals surface area (Å²) in [5, 5.41) is 0. The summed E-state index contributed by atoms with van der Waals surface area (Å²) in [5.74, 6) is 0.0551. The number of hydrogen-bond donors (Lipinski definition) is 2. The highest BCUT2D eigenvalue weighted by molar-refractivity contribution is 8.26. The standard InChI is InChI=1S/C28H25N3O5S2/c1-35-23-10-6-5-9-21(23)17-24-27(34)31(28(37)38-24)16-15-25(32)29-30-26(33)20-11-13-22(14-12-20)36-18-19-7-3-2-4-8-19/h2-14,17H,15-16,18H2,1H3,(H,29,32)(H,30,33)/b24-17-. The van der Waals surface area contributed by atoms with Crippen molar-refractivity contribution in [2.24, 2.45) is 0 Å². The predicted octanol–water partition coefficient (Wildman–Crippen LogP) is 4.33. The van der Waals surface area contributed by atoms with Crippen LogP contribution in [0.5, 0.6) is 11.5 Å². The third-order valence-electron chi connectivity index (χ3n) is 5.54. The zero-order valence-electron chi connectivity index (χ0n) is 20.5. The minimum Gasteiger partial charge on any atom is -0.496 e. The van der Waals surface area contributed by atoms with Crippen molar-refractivity contribution < 1.29 is 23.9 Å². The van der Waals surface area contributed by atoms with Gasteiger partial charge in [-0.15, -0.1) is 0 Å². The van der Waals surface area contributed by atoms with E-state index in [1.807, 2.05) is 48.5 Å². The van der Waals surface area contributed by atoms with Crippen molar-refractivity contribution in [3.8, 4) is 11.5 Å². The number of nitrogens with zero attached hydrogens (tertiary/aromatic N) is 1. The van der Waals surface area contributed by atoms with Crippen LogP contribution in [0.15, 0.2) is 83.8 Å². The predicted molar refractivity (Wildman–Crippen MR) is 150 cm³/mol. The maximum absolute atomic E-state index is 12.8. The van der Waals surface area contributed by atoms with Gasteiger partial charge in [0, 0.05) is 24.1 Å². The van der Waals surface area contributed by atoms with Gasteiger partial charge in [0.1, 0.15) is 22.4 Å². The van der Waals surface area contributed by atoms with E-state index in [2.05, 4.69) is 10.9 Å². The van der Waals surface area contributed by atoms with Gasteiger partial charge in [-0.1, -0.05) is 72.5 Å². The molecular weight excluding hydrogens is 522 g/mol. The van der Waals surface area contributed by atoms with E-state index in [1.54, 1.807) is 43.5 Å². The van der Waals surface area contributed by atoms with Crippen LogP contribution in [0.25, 0.3) is 6.08 Å². The molecule has 0 radical (unpaired) electrons. The van der Waals surface area contributed by atoms with E-state index in [1.165, 1.54) is 16.7 Å². The average molecular weight is 548 g/mol. The van der Waals surface area contributed by atoms with Crippen molar-refractivity contribution in [1.82, 2.24) is 15.8 Å². The Balaban J connectivity index is 1.23. The average Bonchev–Trinajstić information content (AvgIpc) is 3.21. The molecule has 2 N–H and O–H groups in total. The molecule has 0 aromatic heterocycles. The molecule has 0 spiro atoms. The fraction of sp³-hybridized carbons (Fsp3) is 0.143. The summed E-state index contributed by atoms with van der Waals surface area (Å²) in [5.41, 5.74) is 6.91. The van der Waals surface area contributed by atoms with Crippen LogP contribution in [-0.2, 0) is 16.2 Å². The van der Waals surface area contributed by atoms with Gasteiger partial charge in [0.2, 0.25) is 5.91 Å². The number of ether oxygens (including phenoxy) is 2. The molecule has 3 aromatic rings. The number of methoxy groups -OCH3 is 1. The molecule has 1 saturated heterocycles. The maximum atomic E-state index is 12.8. The molecule has 0 unspecified atom stereocenters. The zero-order valence-corrected chi connectivity index (χ0v) is 22.1. The van der Waals surface area contributed by atoms with Crippen LogP contribution >= 0.6 is 24.0 Å². The summed E-state index contributed by atoms with van der Waals surface area (Å²) in [6.45, 7) is 0.505. The highest BCUT2D eigenvalue weighted by Gasteiger charge is 2.32. The Morgan fingerprint density at radius 3 is 2.42 bits per heavy atom. The molecule has 0 saturated carbocycles. The van der Waals surface area contributed by atoms with Crippen LogP contribution in [-0.4, -0.2) is 40.6 Å². The van der Waals surface area contributed by atoms with E-state index >= 15 is 0 Å². The molecule has 4 rings (SSSR count). The van der Waals surface area contributed by atoms with Crippen LogP contribution in [0.3, 0.4) is 0 Å². The fourth-order valence-corrected chi connectivity index (χ4v) is 4.84. The largest absolute Gasteiger partial charge is 0.496 e. The van der Waals surface area contributed by atoms with Crippen LogP contribution in [0, 0.1) is 0 Å². The molecule has 3 amide bonds. The summed E-state index contributed by atoms with van der Waals surface area (Å²) in [7, 11) is 1.56. The summed E-state index contributed by atoms with van der Waals surface area (Å²) >= 11 is 6.50. The molecule has 8 nitrogen and oxygen atoms in total. The van der Waals surface area contributed by atoms with E-state index in [9.17, 15) is 14.4 Å². The Morgan fingerprint density at radius 2 is 1.68 bits per heavy atom. The molecule has 194 valence electrons. The lowest BCUT2D eigenvalue weighted by Gasteiger charge is -2.14. The molecule has 38 heavy (non-hydrogen) atoms. The van der Waals surface area contributed by atoms with Gasteiger partial charge in [-0.05, 0) is 42.0 Å². The highest BCUT2D eigenvalue weighted by atomic mass is 32.2. The monoisotopic (exact) mass is 547 g/mol. The number of rotatable bonds is 9. The minimum absolute atomic E-state index is 0.0408. The molecule has 1 heterocycles. The second-order valence-electron chi connectivity index (χ2n) is 8.13. The number of thioether (sulfide) groups is 1. The number of hydrazine groups is 1. The first-order valence-corrected chi connectivity index (χ1v) is 12.9. The molecule has 1 aliphatic rings. The third-order valence-corrected chi connectivity index (χ3v) is 6.92. The minimum atomic E-state index is -0.474. The summed E-state index contributed by atoms with van der Waals surface area (Å²) < 4.78 is 11.4. The number of benzene rings is 3. The summed E-state index contributed by atoms with van der Waals surface area (Å²) in [6.07, 6.45) is 1.68. The van der Waals surface area contributed by atoms with Gasteiger partial charge in [0.05, 0.1) is 12.0 Å². The van der Waals surface area contributed by atoms with Crippen molar-refractivity contribution >= 4 is 52.1 Å². The van der Waals surface area contributed by atoms with E-state index in [4.69, 9.17) is 21.7 Å². The van der Waals surface area contributed by atoms with Gasteiger partial charge in [0.25, 0.3) is 11.8 Å². The lowest BCUT2D eigenvalue weighted by molar-refractivity contribution is -0.124. The van der Waals surface area contributed by atoms with Gasteiger partial charge < -0.3 is 9.47 Å². The quantitative estimate of drug-likeness (QED) is 0.234. The second kappa shape index (κ2) is 12.9. The summed E-state index contributed by atoms with van der Waals surface area (Å²) in [6, 6.07) is 23.7. The van der Waals surface area contributed by atoms with Crippen molar-refractivity contribution in [2.75, 3.05) is 13.7 Å². The van der Waals surface area contributed by atoms with E-state index in [0.717, 1.165) is 11.1 Å². The normalized spacial score (nSPS) is 13.9. The molecule has 0 aliphatic carbocycles. The number of carbonyl (C=O) groups is 3. The summed E-state index contributed by atoms with van der Waals surface area (Å²) in [4.78, 5) is 39.4. The number of carbonyl (C=O) groups excluding carboxylic acids is 3. The Bertz CT molecular complexity index is 1360. The Labute approximate surface area is 230 Å². The Kier molecular flexibility index (Phi) is 9.12. The molecule has 0 bridgehead atoms. The van der Waals surface area contributed by atoms with Crippen molar-refractivity contribution in [1.29, 1.82) is 0 Å². The lowest BCUT2D eigenvalue weighted by Crippen LogP contribution is -2.43. The highest BCUT2D eigenvalue weighted by Crippen LogP contribution is 2.34. The van der Waals surface area contributed by atoms with Gasteiger partial charge in [-0.3, -0.25) is 30.1 Å². The zero-order chi connectivity index (χ0) is 26.9. The van der Waals surface area contributed by atoms with Crippen molar-refractivity contribution in [3.05, 3.63) is 100 Å². The molecule has 3 aromatic carbocycles. The topological polar surface area (TPSA) is 97.0 Å². The molecule has 0 atom stereocenters. The Hall–Kier alpha value is -4.15. The number of thiocarbonyl (C=S) groups is 1. The number of hydrogen-bond acceptors (Lipinski definition) is 7. The van der Waals surface area contributed by atoms with Gasteiger partial charge in [-0.2, -0.15) is 0 Å². The van der Waals surface area contributed by atoms with Crippen LogP contribution in [0.2, 0.25) is 0 Å². The van der Waals surface area contributed by atoms with Crippen molar-refractivity contribution in [3.63, 3.8) is 0 Å². The SMILES string of the molecule is COc1ccccc1/C=C1\SC(=S)N(CCC(=O)NNC(=O)c2ccc(OCc3ccccc3)cc2)C1=O. The molecule has 1 aliphatic heterocycles. The van der Waals surface area contributed by atoms with E-state index in [-0.39, 0.29) is 18.9 Å². The first-order valence-electron chi connectivity index (χ1n) is 11.7. The van der Waals surface area contributed by atoms with Crippen LogP contribution in [0.1, 0.15) is 27.9 Å². The molecular formula is C28H25N3O5S2. The number of amides is 3. The smallest absolute Gasteiger partial charge is 0.269 e.